The number of carbonyl (C=O) groups is 1. The summed E-state index contributed by atoms with van der Waals surface area (Å²) in [5.41, 5.74) is 2.39. The third-order valence-electron chi connectivity index (χ3n) is 2.69. The second kappa shape index (κ2) is 4.27. The van der Waals surface area contributed by atoms with Gasteiger partial charge in [0, 0.05) is 11.4 Å². The average molecular weight is 221 g/mol. The summed E-state index contributed by atoms with van der Waals surface area (Å²) in [5, 5.41) is 0. The molecule has 0 spiro atoms. The van der Waals surface area contributed by atoms with Crippen LogP contribution < -0.4 is 4.90 Å². The summed E-state index contributed by atoms with van der Waals surface area (Å²) < 4.78 is 0. The Bertz CT molecular complexity index is 389. The van der Waals surface area contributed by atoms with Gasteiger partial charge in [0.1, 0.15) is 0 Å². The van der Waals surface area contributed by atoms with Crippen molar-refractivity contribution in [1.29, 1.82) is 0 Å². The summed E-state index contributed by atoms with van der Waals surface area (Å²) in [4.78, 5) is 14.8. The first-order valence-corrected chi connectivity index (χ1v) is 6.31. The molecule has 80 valence electrons. The Morgan fingerprint density at radius 1 is 1.40 bits per heavy atom. The zero-order chi connectivity index (χ0) is 10.8. The van der Waals surface area contributed by atoms with Crippen molar-refractivity contribution in [3.63, 3.8) is 0 Å². The van der Waals surface area contributed by atoms with Gasteiger partial charge in [-0.05, 0) is 31.0 Å². The van der Waals surface area contributed by atoms with Crippen molar-refractivity contribution in [3.8, 4) is 0 Å². The minimum Gasteiger partial charge on any atom is -0.311 e. The monoisotopic (exact) mass is 221 g/mol. The van der Waals surface area contributed by atoms with Gasteiger partial charge in [0.25, 0.3) is 0 Å². The van der Waals surface area contributed by atoms with E-state index in [1.165, 1.54) is 10.5 Å². The maximum Gasteiger partial charge on any atom is 0.237 e. The smallest absolute Gasteiger partial charge is 0.237 e. The van der Waals surface area contributed by atoms with Gasteiger partial charge in [-0.3, -0.25) is 4.79 Å². The number of rotatable bonds is 2. The number of fused-ring (bicyclic) bond motifs is 1. The van der Waals surface area contributed by atoms with Crippen molar-refractivity contribution in [2.45, 2.75) is 25.2 Å². The zero-order valence-electron chi connectivity index (χ0n) is 9.12. The lowest BCUT2D eigenvalue weighted by atomic mass is 10.1. The van der Waals surface area contributed by atoms with Gasteiger partial charge in [0.2, 0.25) is 5.91 Å². The number of carbonyl (C=O) groups excluding carboxylic acids is 1. The molecule has 0 fully saturated rings. The topological polar surface area (TPSA) is 20.3 Å². The van der Waals surface area contributed by atoms with Crippen LogP contribution in [0.4, 0.5) is 5.69 Å². The molecule has 1 amide bonds. The van der Waals surface area contributed by atoms with Crippen LogP contribution in [-0.4, -0.2) is 18.2 Å². The predicted molar refractivity (Wildman–Crippen MR) is 64.6 cm³/mol. The molecule has 0 aliphatic carbocycles. The molecule has 1 aromatic rings. The largest absolute Gasteiger partial charge is 0.311 e. The van der Waals surface area contributed by atoms with Crippen LogP contribution in [0.15, 0.2) is 23.1 Å². The molecule has 1 aliphatic heterocycles. The molecule has 1 aromatic carbocycles. The van der Waals surface area contributed by atoms with Crippen molar-refractivity contribution < 1.29 is 4.79 Å². The molecule has 3 heteroatoms. The van der Waals surface area contributed by atoms with Gasteiger partial charge in [-0.2, -0.15) is 0 Å². The van der Waals surface area contributed by atoms with E-state index in [0.29, 0.717) is 5.75 Å². The van der Waals surface area contributed by atoms with Crippen LogP contribution in [0.1, 0.15) is 19.4 Å². The molecular formula is C12H15NOS. The van der Waals surface area contributed by atoms with E-state index in [2.05, 4.69) is 25.1 Å². The van der Waals surface area contributed by atoms with Crippen LogP contribution in [0.5, 0.6) is 0 Å². The van der Waals surface area contributed by atoms with Crippen LogP contribution >= 0.6 is 11.8 Å². The second-order valence-electron chi connectivity index (χ2n) is 3.58. The Balaban J connectivity index is 2.45. The van der Waals surface area contributed by atoms with E-state index in [1.54, 1.807) is 11.8 Å². The van der Waals surface area contributed by atoms with Crippen LogP contribution in [0.25, 0.3) is 0 Å². The zero-order valence-corrected chi connectivity index (χ0v) is 9.93. The van der Waals surface area contributed by atoms with Crippen LogP contribution in [0, 0.1) is 0 Å². The third kappa shape index (κ3) is 1.88. The molecule has 0 bridgehead atoms. The number of aryl methyl sites for hydroxylation is 1. The highest BCUT2D eigenvalue weighted by Crippen LogP contribution is 2.35. The molecule has 0 saturated carbocycles. The molecule has 2 nitrogen and oxygen atoms in total. The number of thioether (sulfide) groups is 1. The predicted octanol–water partition coefficient (Wildman–Crippen LogP) is 2.71. The molecule has 0 N–H and O–H groups in total. The lowest BCUT2D eigenvalue weighted by Crippen LogP contribution is -2.35. The van der Waals surface area contributed by atoms with Gasteiger partial charge >= 0.3 is 0 Å². The highest BCUT2D eigenvalue weighted by molar-refractivity contribution is 8.00. The van der Waals surface area contributed by atoms with Crippen molar-refractivity contribution in [2.24, 2.45) is 0 Å². The Morgan fingerprint density at radius 3 is 2.87 bits per heavy atom. The molecule has 1 aliphatic rings. The number of benzene rings is 1. The molecule has 0 aromatic heterocycles. The molecule has 0 saturated heterocycles. The normalized spacial score (nSPS) is 15.3. The second-order valence-corrected chi connectivity index (χ2v) is 4.60. The minimum absolute atomic E-state index is 0.225. The first kappa shape index (κ1) is 10.6. The SMILES string of the molecule is CCc1ccc2c(c1)N(CC)C(=O)CS2. The van der Waals surface area contributed by atoms with Crippen LogP contribution in [-0.2, 0) is 11.2 Å². The maximum atomic E-state index is 11.7. The standard InChI is InChI=1S/C12H15NOS/c1-3-9-5-6-11-10(7-9)13(4-2)12(14)8-15-11/h5-7H,3-4,8H2,1-2H3. The fraction of sp³-hybridized carbons (Fsp3) is 0.417. The molecular weight excluding hydrogens is 206 g/mol. The molecule has 1 heterocycles. The number of anilines is 1. The van der Waals surface area contributed by atoms with Crippen molar-refractivity contribution in [3.05, 3.63) is 23.8 Å². The highest BCUT2D eigenvalue weighted by atomic mass is 32.2. The Hall–Kier alpha value is -0.960. The van der Waals surface area contributed by atoms with Gasteiger partial charge in [-0.25, -0.2) is 0 Å². The van der Waals surface area contributed by atoms with Gasteiger partial charge < -0.3 is 4.90 Å². The van der Waals surface area contributed by atoms with Gasteiger partial charge in [-0.15, -0.1) is 11.8 Å². The summed E-state index contributed by atoms with van der Waals surface area (Å²) in [7, 11) is 0. The summed E-state index contributed by atoms with van der Waals surface area (Å²) in [6.07, 6.45) is 1.02. The summed E-state index contributed by atoms with van der Waals surface area (Å²) in [6, 6.07) is 6.42. The quantitative estimate of drug-likeness (QED) is 0.765. The minimum atomic E-state index is 0.225. The number of nitrogens with zero attached hydrogens (tertiary/aromatic N) is 1. The number of hydrogen-bond acceptors (Lipinski definition) is 2. The number of amides is 1. The number of hydrogen-bond donors (Lipinski definition) is 0. The Labute approximate surface area is 94.7 Å². The van der Waals surface area contributed by atoms with E-state index < -0.39 is 0 Å². The molecule has 0 radical (unpaired) electrons. The molecule has 2 rings (SSSR count). The van der Waals surface area contributed by atoms with Crippen molar-refractivity contribution >= 4 is 23.4 Å². The fourth-order valence-corrected chi connectivity index (χ4v) is 2.73. The fourth-order valence-electron chi connectivity index (χ4n) is 1.81. The van der Waals surface area contributed by atoms with Gasteiger partial charge in [0.05, 0.1) is 11.4 Å². The van der Waals surface area contributed by atoms with Crippen LogP contribution in [0.3, 0.4) is 0 Å². The van der Waals surface area contributed by atoms with E-state index in [-0.39, 0.29) is 5.91 Å². The van der Waals surface area contributed by atoms with E-state index in [1.807, 2.05) is 11.8 Å². The van der Waals surface area contributed by atoms with Crippen molar-refractivity contribution in [2.75, 3.05) is 17.2 Å². The van der Waals surface area contributed by atoms with Crippen molar-refractivity contribution in [1.82, 2.24) is 0 Å². The average Bonchev–Trinajstić information content (AvgIpc) is 2.28. The van der Waals surface area contributed by atoms with E-state index in [9.17, 15) is 4.79 Å². The molecule has 15 heavy (non-hydrogen) atoms. The summed E-state index contributed by atoms with van der Waals surface area (Å²) in [5.74, 6) is 0.801. The lowest BCUT2D eigenvalue weighted by molar-refractivity contribution is -0.116. The summed E-state index contributed by atoms with van der Waals surface area (Å²) >= 11 is 1.64. The lowest BCUT2D eigenvalue weighted by Gasteiger charge is -2.28. The molecule has 0 unspecified atom stereocenters. The maximum absolute atomic E-state index is 11.7. The first-order chi connectivity index (χ1) is 7.26. The molecule has 0 atom stereocenters. The van der Waals surface area contributed by atoms with Gasteiger partial charge in [0.15, 0.2) is 0 Å². The third-order valence-corrected chi connectivity index (χ3v) is 3.74. The van der Waals surface area contributed by atoms with E-state index in [4.69, 9.17) is 0 Å². The highest BCUT2D eigenvalue weighted by Gasteiger charge is 2.23. The summed E-state index contributed by atoms with van der Waals surface area (Å²) in [6.45, 7) is 4.92. The van der Waals surface area contributed by atoms with E-state index >= 15 is 0 Å². The Morgan fingerprint density at radius 2 is 2.20 bits per heavy atom. The van der Waals surface area contributed by atoms with Gasteiger partial charge in [-0.1, -0.05) is 13.0 Å². The van der Waals surface area contributed by atoms with Crippen LogP contribution in [0.2, 0.25) is 0 Å². The van der Waals surface area contributed by atoms with E-state index in [0.717, 1.165) is 18.7 Å². The first-order valence-electron chi connectivity index (χ1n) is 5.32. The Kier molecular flexibility index (Phi) is 3.00.